The van der Waals surface area contributed by atoms with Crippen LogP contribution in [0.1, 0.15) is 27.0 Å². The van der Waals surface area contributed by atoms with Crippen LogP contribution in [0.4, 0.5) is 5.69 Å². The zero-order valence-corrected chi connectivity index (χ0v) is 11.5. The summed E-state index contributed by atoms with van der Waals surface area (Å²) >= 11 is 0. The number of nitrogen functional groups attached to an aromatic ring is 1. The molecule has 3 nitrogen and oxygen atoms in total. The molecule has 0 aliphatic heterocycles. The molecule has 3 rings (SSSR count). The Hall–Kier alpha value is -2.55. The van der Waals surface area contributed by atoms with Crippen molar-refractivity contribution in [3.8, 4) is 0 Å². The Morgan fingerprint density at radius 2 is 1.90 bits per heavy atom. The molecule has 0 amide bonds. The minimum Gasteiger partial charge on any atom is -0.399 e. The molecule has 100 valence electrons. The van der Waals surface area contributed by atoms with Crippen LogP contribution >= 0.6 is 0 Å². The number of nitrogens with two attached hydrogens (primary N) is 1. The van der Waals surface area contributed by atoms with Crippen LogP contribution < -0.4 is 5.73 Å². The maximum Gasteiger partial charge on any atom is 0.195 e. The SMILES string of the molecule is Cc1cc(C(=O)c2c[nH]c3cccc(C)c23)ccc1N. The molecular formula is C17H16N2O. The number of anilines is 1. The molecule has 0 unspecified atom stereocenters. The van der Waals surface area contributed by atoms with Gasteiger partial charge in [0.1, 0.15) is 0 Å². The molecular weight excluding hydrogens is 248 g/mol. The van der Waals surface area contributed by atoms with Crippen molar-refractivity contribution in [3.05, 3.63) is 64.8 Å². The monoisotopic (exact) mass is 264 g/mol. The maximum absolute atomic E-state index is 12.7. The topological polar surface area (TPSA) is 58.9 Å². The summed E-state index contributed by atoms with van der Waals surface area (Å²) in [4.78, 5) is 15.8. The average Bonchev–Trinajstić information content (AvgIpc) is 2.86. The van der Waals surface area contributed by atoms with Gasteiger partial charge in [0.25, 0.3) is 0 Å². The quantitative estimate of drug-likeness (QED) is 0.549. The van der Waals surface area contributed by atoms with Gasteiger partial charge in [0, 0.05) is 33.9 Å². The van der Waals surface area contributed by atoms with E-state index in [0.717, 1.165) is 22.0 Å². The molecule has 0 radical (unpaired) electrons. The van der Waals surface area contributed by atoms with Crippen LogP contribution in [0.15, 0.2) is 42.6 Å². The lowest BCUT2D eigenvalue weighted by Gasteiger charge is -2.05. The molecule has 0 fully saturated rings. The van der Waals surface area contributed by atoms with Crippen LogP contribution in [0.2, 0.25) is 0 Å². The number of H-pyrrole nitrogens is 1. The zero-order valence-electron chi connectivity index (χ0n) is 11.5. The fourth-order valence-electron chi connectivity index (χ4n) is 2.52. The lowest BCUT2D eigenvalue weighted by molar-refractivity contribution is 0.104. The van der Waals surface area contributed by atoms with Gasteiger partial charge < -0.3 is 10.7 Å². The fraction of sp³-hybridized carbons (Fsp3) is 0.118. The summed E-state index contributed by atoms with van der Waals surface area (Å²) in [7, 11) is 0. The van der Waals surface area contributed by atoms with E-state index >= 15 is 0 Å². The molecule has 1 heterocycles. The highest BCUT2D eigenvalue weighted by Crippen LogP contribution is 2.25. The van der Waals surface area contributed by atoms with E-state index in [2.05, 4.69) is 4.98 Å². The molecule has 1 aromatic heterocycles. The molecule has 0 spiro atoms. The average molecular weight is 264 g/mol. The number of fused-ring (bicyclic) bond motifs is 1. The number of benzene rings is 2. The first-order valence-electron chi connectivity index (χ1n) is 6.55. The Kier molecular flexibility index (Phi) is 2.83. The van der Waals surface area contributed by atoms with E-state index in [9.17, 15) is 4.79 Å². The molecule has 0 aliphatic carbocycles. The second-order valence-corrected chi connectivity index (χ2v) is 5.10. The number of carbonyl (C=O) groups excluding carboxylic acids is 1. The first kappa shape index (κ1) is 12.5. The van der Waals surface area contributed by atoms with E-state index in [4.69, 9.17) is 5.73 Å². The largest absolute Gasteiger partial charge is 0.399 e. The minimum atomic E-state index is 0.0219. The third kappa shape index (κ3) is 1.88. The summed E-state index contributed by atoms with van der Waals surface area (Å²) in [6.45, 7) is 3.92. The molecule has 0 saturated heterocycles. The lowest BCUT2D eigenvalue weighted by atomic mass is 9.98. The third-order valence-corrected chi connectivity index (χ3v) is 3.69. The molecule has 0 bridgehead atoms. The highest BCUT2D eigenvalue weighted by molar-refractivity contribution is 6.17. The number of nitrogens with one attached hydrogen (secondary N) is 1. The Morgan fingerprint density at radius 1 is 1.10 bits per heavy atom. The highest BCUT2D eigenvalue weighted by Gasteiger charge is 2.15. The van der Waals surface area contributed by atoms with Crippen LogP contribution in [-0.2, 0) is 0 Å². The molecule has 0 saturated carbocycles. The second kappa shape index (κ2) is 4.53. The van der Waals surface area contributed by atoms with Crippen molar-refractivity contribution in [3.63, 3.8) is 0 Å². The summed E-state index contributed by atoms with van der Waals surface area (Å²) in [6, 6.07) is 11.4. The van der Waals surface area contributed by atoms with Gasteiger partial charge in [0.05, 0.1) is 0 Å². The normalized spacial score (nSPS) is 10.9. The Morgan fingerprint density at radius 3 is 2.65 bits per heavy atom. The number of aryl methyl sites for hydroxylation is 2. The summed E-state index contributed by atoms with van der Waals surface area (Å²) in [5, 5.41) is 0.993. The van der Waals surface area contributed by atoms with E-state index in [0.29, 0.717) is 16.8 Å². The van der Waals surface area contributed by atoms with Gasteiger partial charge in [-0.2, -0.15) is 0 Å². The van der Waals surface area contributed by atoms with Crippen LogP contribution in [0.3, 0.4) is 0 Å². The molecule has 3 aromatic rings. The van der Waals surface area contributed by atoms with Crippen LogP contribution in [0, 0.1) is 13.8 Å². The van der Waals surface area contributed by atoms with Gasteiger partial charge in [-0.15, -0.1) is 0 Å². The molecule has 3 N–H and O–H groups in total. The first-order chi connectivity index (χ1) is 9.58. The van der Waals surface area contributed by atoms with Gasteiger partial charge in [-0.25, -0.2) is 0 Å². The zero-order chi connectivity index (χ0) is 14.3. The van der Waals surface area contributed by atoms with Gasteiger partial charge in [0.15, 0.2) is 5.78 Å². The summed E-state index contributed by atoms with van der Waals surface area (Å²) in [6.07, 6.45) is 1.78. The standard InChI is InChI=1S/C17H16N2O/c1-10-4-3-5-15-16(10)13(9-19-15)17(20)12-6-7-14(18)11(2)8-12/h3-9,19H,18H2,1-2H3. The second-order valence-electron chi connectivity index (χ2n) is 5.10. The predicted octanol–water partition coefficient (Wildman–Crippen LogP) is 3.60. The Labute approximate surface area is 117 Å². The number of carbonyl (C=O) groups is 1. The first-order valence-corrected chi connectivity index (χ1v) is 6.55. The molecule has 0 atom stereocenters. The van der Waals surface area contributed by atoms with E-state index < -0.39 is 0 Å². The Bertz CT molecular complexity index is 815. The van der Waals surface area contributed by atoms with Gasteiger partial charge in [-0.05, 0) is 49.2 Å². The van der Waals surface area contributed by atoms with E-state index in [1.165, 1.54) is 0 Å². The van der Waals surface area contributed by atoms with Crippen molar-refractivity contribution in [2.75, 3.05) is 5.73 Å². The summed E-state index contributed by atoms with van der Waals surface area (Å²) < 4.78 is 0. The molecule has 2 aromatic carbocycles. The van der Waals surface area contributed by atoms with Crippen molar-refractivity contribution in [1.82, 2.24) is 4.98 Å². The van der Waals surface area contributed by atoms with Gasteiger partial charge >= 0.3 is 0 Å². The minimum absolute atomic E-state index is 0.0219. The van der Waals surface area contributed by atoms with E-state index in [1.807, 2.05) is 38.1 Å². The number of aromatic amines is 1. The van der Waals surface area contributed by atoms with Gasteiger partial charge in [0.2, 0.25) is 0 Å². The predicted molar refractivity (Wildman–Crippen MR) is 82.1 cm³/mol. The van der Waals surface area contributed by atoms with Crippen molar-refractivity contribution in [1.29, 1.82) is 0 Å². The number of hydrogen-bond donors (Lipinski definition) is 2. The molecule has 20 heavy (non-hydrogen) atoms. The number of ketones is 1. The third-order valence-electron chi connectivity index (χ3n) is 3.69. The van der Waals surface area contributed by atoms with E-state index in [-0.39, 0.29) is 5.78 Å². The van der Waals surface area contributed by atoms with E-state index in [1.54, 1.807) is 18.3 Å². The number of hydrogen-bond acceptors (Lipinski definition) is 2. The van der Waals surface area contributed by atoms with Crippen molar-refractivity contribution >= 4 is 22.4 Å². The maximum atomic E-state index is 12.7. The number of rotatable bonds is 2. The molecule has 0 aliphatic rings. The van der Waals surface area contributed by atoms with Gasteiger partial charge in [-0.1, -0.05) is 12.1 Å². The lowest BCUT2D eigenvalue weighted by Crippen LogP contribution is -2.02. The van der Waals surface area contributed by atoms with Crippen LogP contribution in [-0.4, -0.2) is 10.8 Å². The highest BCUT2D eigenvalue weighted by atomic mass is 16.1. The van der Waals surface area contributed by atoms with Crippen molar-refractivity contribution in [2.24, 2.45) is 0 Å². The smallest absolute Gasteiger partial charge is 0.195 e. The Balaban J connectivity index is 2.15. The summed E-state index contributed by atoms with van der Waals surface area (Å²) in [5.41, 5.74) is 10.9. The van der Waals surface area contributed by atoms with Crippen LogP contribution in [0.5, 0.6) is 0 Å². The summed E-state index contributed by atoms with van der Waals surface area (Å²) in [5.74, 6) is 0.0219. The van der Waals surface area contributed by atoms with Crippen molar-refractivity contribution < 1.29 is 4.79 Å². The molecule has 3 heteroatoms. The van der Waals surface area contributed by atoms with Crippen molar-refractivity contribution in [2.45, 2.75) is 13.8 Å². The fourth-order valence-corrected chi connectivity index (χ4v) is 2.52. The van der Waals surface area contributed by atoms with Gasteiger partial charge in [-0.3, -0.25) is 4.79 Å². The van der Waals surface area contributed by atoms with Crippen LogP contribution in [0.25, 0.3) is 10.9 Å². The number of aromatic nitrogens is 1.